The van der Waals surface area contributed by atoms with Crippen molar-refractivity contribution in [1.82, 2.24) is 14.8 Å². The molecule has 114 valence electrons. The number of benzene rings is 1. The maximum Gasteiger partial charge on any atom is 0.138 e. The smallest absolute Gasteiger partial charge is 0.138 e. The van der Waals surface area contributed by atoms with E-state index in [1.165, 1.54) is 12.1 Å². The summed E-state index contributed by atoms with van der Waals surface area (Å²) in [5, 5.41) is 4.26. The van der Waals surface area contributed by atoms with Crippen molar-refractivity contribution in [3.63, 3.8) is 0 Å². The van der Waals surface area contributed by atoms with Crippen LogP contribution in [0.5, 0.6) is 0 Å². The summed E-state index contributed by atoms with van der Waals surface area (Å²) in [6.45, 7) is 7.08. The molecule has 4 nitrogen and oxygen atoms in total. The Morgan fingerprint density at radius 3 is 2.76 bits per heavy atom. The van der Waals surface area contributed by atoms with E-state index in [4.69, 9.17) is 5.73 Å². The fourth-order valence-corrected chi connectivity index (χ4v) is 2.43. The normalized spacial score (nSPS) is 14.4. The van der Waals surface area contributed by atoms with Crippen LogP contribution in [0.15, 0.2) is 30.6 Å². The molecule has 5 heteroatoms. The highest BCUT2D eigenvalue weighted by Gasteiger charge is 2.28. The SMILES string of the molecule is CCC(N)(Cc1ncnn1CC(C)C)c1cccc(F)c1. The van der Waals surface area contributed by atoms with E-state index in [9.17, 15) is 4.39 Å². The molecule has 21 heavy (non-hydrogen) atoms. The molecule has 0 amide bonds. The molecule has 1 atom stereocenters. The summed E-state index contributed by atoms with van der Waals surface area (Å²) in [6.07, 6.45) is 2.80. The van der Waals surface area contributed by atoms with Gasteiger partial charge in [-0.25, -0.2) is 14.1 Å². The lowest BCUT2D eigenvalue weighted by molar-refractivity contribution is 0.386. The number of nitrogens with two attached hydrogens (primary N) is 1. The van der Waals surface area contributed by atoms with Crippen molar-refractivity contribution in [2.24, 2.45) is 11.7 Å². The summed E-state index contributed by atoms with van der Waals surface area (Å²) >= 11 is 0. The molecule has 0 radical (unpaired) electrons. The maximum atomic E-state index is 13.5. The molecule has 2 aromatic rings. The minimum atomic E-state index is -0.635. The molecule has 1 aromatic heterocycles. The van der Waals surface area contributed by atoms with Gasteiger partial charge in [-0.05, 0) is 30.0 Å². The number of halogens is 1. The summed E-state index contributed by atoms with van der Waals surface area (Å²) < 4.78 is 15.4. The second-order valence-electron chi connectivity index (χ2n) is 5.95. The Bertz CT molecular complexity index is 593. The average molecular weight is 290 g/mol. The molecule has 2 N–H and O–H groups in total. The van der Waals surface area contributed by atoms with Crippen LogP contribution in [0, 0.1) is 11.7 Å². The van der Waals surface area contributed by atoms with Gasteiger partial charge in [0.2, 0.25) is 0 Å². The molecule has 0 aliphatic heterocycles. The van der Waals surface area contributed by atoms with E-state index in [-0.39, 0.29) is 5.82 Å². The van der Waals surface area contributed by atoms with Gasteiger partial charge in [0.05, 0.1) is 0 Å². The first-order valence-corrected chi connectivity index (χ1v) is 7.36. The van der Waals surface area contributed by atoms with Crippen LogP contribution in [-0.2, 0) is 18.5 Å². The minimum Gasteiger partial charge on any atom is -0.321 e. The minimum absolute atomic E-state index is 0.264. The first-order chi connectivity index (χ1) is 9.94. The van der Waals surface area contributed by atoms with Crippen molar-refractivity contribution in [3.05, 3.63) is 47.8 Å². The van der Waals surface area contributed by atoms with Crippen LogP contribution in [0.4, 0.5) is 4.39 Å². The van der Waals surface area contributed by atoms with E-state index in [2.05, 4.69) is 23.9 Å². The summed E-state index contributed by atoms with van der Waals surface area (Å²) in [5.74, 6) is 1.06. The Labute approximate surface area is 125 Å². The van der Waals surface area contributed by atoms with Crippen molar-refractivity contribution >= 4 is 0 Å². The molecule has 1 heterocycles. The van der Waals surface area contributed by atoms with Gasteiger partial charge in [0.1, 0.15) is 18.0 Å². The van der Waals surface area contributed by atoms with Crippen LogP contribution in [-0.4, -0.2) is 14.8 Å². The number of hydrogen-bond donors (Lipinski definition) is 1. The third-order valence-electron chi connectivity index (χ3n) is 3.74. The molecule has 0 aliphatic rings. The lowest BCUT2D eigenvalue weighted by Crippen LogP contribution is -2.39. The van der Waals surface area contributed by atoms with Gasteiger partial charge < -0.3 is 5.73 Å². The fourth-order valence-electron chi connectivity index (χ4n) is 2.43. The molecule has 0 spiro atoms. The third-order valence-corrected chi connectivity index (χ3v) is 3.74. The van der Waals surface area contributed by atoms with Gasteiger partial charge in [0.25, 0.3) is 0 Å². The molecule has 0 fully saturated rings. The van der Waals surface area contributed by atoms with Gasteiger partial charge in [-0.15, -0.1) is 0 Å². The van der Waals surface area contributed by atoms with Crippen molar-refractivity contribution in [1.29, 1.82) is 0 Å². The fraction of sp³-hybridized carbons (Fsp3) is 0.500. The van der Waals surface area contributed by atoms with Crippen LogP contribution < -0.4 is 5.73 Å². The van der Waals surface area contributed by atoms with E-state index in [1.807, 2.05) is 17.7 Å². The first-order valence-electron chi connectivity index (χ1n) is 7.36. The Morgan fingerprint density at radius 2 is 2.14 bits per heavy atom. The van der Waals surface area contributed by atoms with Crippen molar-refractivity contribution in [2.45, 2.75) is 45.7 Å². The Kier molecular flexibility index (Phi) is 4.73. The van der Waals surface area contributed by atoms with E-state index in [0.29, 0.717) is 18.8 Å². The second kappa shape index (κ2) is 6.35. The molecule has 0 saturated heterocycles. The van der Waals surface area contributed by atoms with Gasteiger partial charge in [-0.2, -0.15) is 5.10 Å². The highest BCUT2D eigenvalue weighted by Crippen LogP contribution is 2.26. The van der Waals surface area contributed by atoms with Crippen molar-refractivity contribution in [3.8, 4) is 0 Å². The van der Waals surface area contributed by atoms with Gasteiger partial charge in [-0.1, -0.05) is 32.9 Å². The van der Waals surface area contributed by atoms with E-state index < -0.39 is 5.54 Å². The zero-order valence-electron chi connectivity index (χ0n) is 12.9. The van der Waals surface area contributed by atoms with Gasteiger partial charge in [-0.3, -0.25) is 0 Å². The Morgan fingerprint density at radius 1 is 1.38 bits per heavy atom. The predicted molar refractivity (Wildman–Crippen MR) is 81.1 cm³/mol. The zero-order valence-corrected chi connectivity index (χ0v) is 12.9. The van der Waals surface area contributed by atoms with Crippen LogP contribution >= 0.6 is 0 Å². The molecular formula is C16H23FN4. The molecule has 2 rings (SSSR count). The summed E-state index contributed by atoms with van der Waals surface area (Å²) in [6, 6.07) is 6.50. The topological polar surface area (TPSA) is 56.7 Å². The van der Waals surface area contributed by atoms with Crippen molar-refractivity contribution < 1.29 is 4.39 Å². The zero-order chi connectivity index (χ0) is 15.5. The predicted octanol–water partition coefficient (Wildman–Crippen LogP) is 2.88. The van der Waals surface area contributed by atoms with Gasteiger partial charge in [0.15, 0.2) is 0 Å². The molecular weight excluding hydrogens is 267 g/mol. The standard InChI is InChI=1S/C16H23FN4/c1-4-16(18,13-6-5-7-14(17)8-13)9-15-19-11-20-21(15)10-12(2)3/h5-8,11-12H,4,9-10,18H2,1-3H3. The van der Waals surface area contributed by atoms with Crippen LogP contribution in [0.25, 0.3) is 0 Å². The highest BCUT2D eigenvalue weighted by atomic mass is 19.1. The molecule has 1 unspecified atom stereocenters. The maximum absolute atomic E-state index is 13.5. The summed E-state index contributed by atoms with van der Waals surface area (Å²) in [7, 11) is 0. The highest BCUT2D eigenvalue weighted by molar-refractivity contribution is 5.26. The van der Waals surface area contributed by atoms with E-state index >= 15 is 0 Å². The van der Waals surface area contributed by atoms with Crippen LogP contribution in [0.2, 0.25) is 0 Å². The number of rotatable bonds is 6. The third kappa shape index (κ3) is 3.67. The largest absolute Gasteiger partial charge is 0.321 e. The van der Waals surface area contributed by atoms with E-state index in [0.717, 1.165) is 17.9 Å². The Hall–Kier alpha value is -1.75. The molecule has 0 bridgehead atoms. The second-order valence-corrected chi connectivity index (χ2v) is 5.95. The Balaban J connectivity index is 2.28. The molecule has 0 aliphatic carbocycles. The summed E-state index contributed by atoms with van der Waals surface area (Å²) in [5.41, 5.74) is 6.69. The quantitative estimate of drug-likeness (QED) is 0.890. The number of aromatic nitrogens is 3. The van der Waals surface area contributed by atoms with Crippen molar-refractivity contribution in [2.75, 3.05) is 0 Å². The lowest BCUT2D eigenvalue weighted by atomic mass is 9.85. The molecule has 0 saturated carbocycles. The van der Waals surface area contributed by atoms with Crippen LogP contribution in [0.3, 0.4) is 0 Å². The lowest BCUT2D eigenvalue weighted by Gasteiger charge is -2.28. The number of hydrogen-bond acceptors (Lipinski definition) is 3. The first kappa shape index (κ1) is 15.6. The summed E-state index contributed by atoms with van der Waals surface area (Å²) in [4.78, 5) is 4.33. The number of nitrogens with zero attached hydrogens (tertiary/aromatic N) is 3. The van der Waals surface area contributed by atoms with E-state index in [1.54, 1.807) is 12.4 Å². The monoisotopic (exact) mass is 290 g/mol. The van der Waals surface area contributed by atoms with Gasteiger partial charge >= 0.3 is 0 Å². The average Bonchev–Trinajstić information content (AvgIpc) is 2.85. The van der Waals surface area contributed by atoms with Crippen LogP contribution in [0.1, 0.15) is 38.6 Å². The van der Waals surface area contributed by atoms with Gasteiger partial charge in [0, 0.05) is 18.5 Å². The molecule has 1 aromatic carbocycles.